The van der Waals surface area contributed by atoms with Crippen molar-refractivity contribution in [1.82, 2.24) is 0 Å². The molecule has 2 rings (SSSR count). The lowest BCUT2D eigenvalue weighted by Gasteiger charge is -2.15. The van der Waals surface area contributed by atoms with E-state index >= 15 is 0 Å². The minimum Gasteiger partial charge on any atom is -0.501 e. The first-order valence-electron chi connectivity index (χ1n) is 9.81. The zero-order valence-electron chi connectivity index (χ0n) is 18.6. The fourth-order valence-electron chi connectivity index (χ4n) is 2.83. The maximum absolute atomic E-state index is 12.8. The summed E-state index contributed by atoms with van der Waals surface area (Å²) >= 11 is 0. The van der Waals surface area contributed by atoms with E-state index in [1.54, 1.807) is 19.2 Å². The molecule has 0 radical (unpaired) electrons. The number of sulfonamides is 1. The zero-order chi connectivity index (χ0) is 22.5. The molecule has 0 bridgehead atoms. The third-order valence-corrected chi connectivity index (χ3v) is 6.32. The fraction of sp³-hybridized carbons (Fsp3) is 0.333. The lowest BCUT2D eigenvalue weighted by molar-refractivity contribution is 0.276. The summed E-state index contributed by atoms with van der Waals surface area (Å²) < 4.78 is 39.4. The van der Waals surface area contributed by atoms with Crippen molar-refractivity contribution in [3.8, 4) is 5.75 Å². The third-order valence-electron chi connectivity index (χ3n) is 4.94. The standard InChI is InChI=1S/C24H31NO4S.H2/c1-16(2)20-9-8-18(5)24(14-20)25-30(26,27)22-12-10-21(11-13-22)29-15-23(17(3)4)19(6)28-7;/h8-14,16,25H,3,15H2,1-2,4-7H3;1H/b23-19-;. The van der Waals surface area contributed by atoms with Crippen molar-refractivity contribution in [1.29, 1.82) is 0 Å². The average molecular weight is 432 g/mol. The molecule has 0 amide bonds. The van der Waals surface area contributed by atoms with Gasteiger partial charge in [-0.3, -0.25) is 4.72 Å². The highest BCUT2D eigenvalue weighted by Gasteiger charge is 2.16. The van der Waals surface area contributed by atoms with E-state index in [-0.39, 0.29) is 6.32 Å². The SMILES string of the molecule is C=C(C)/C(COc1ccc(S(=O)(=O)Nc2cc(C(C)C)ccc2C)cc1)=C(/C)OC.[HH]. The molecule has 0 aromatic heterocycles. The molecule has 0 aliphatic carbocycles. The second kappa shape index (κ2) is 9.85. The molecule has 0 aliphatic heterocycles. The Hall–Kier alpha value is -2.73. The summed E-state index contributed by atoms with van der Waals surface area (Å²) in [5.41, 5.74) is 4.27. The number of methoxy groups -OCH3 is 1. The van der Waals surface area contributed by atoms with Crippen LogP contribution in [-0.2, 0) is 14.8 Å². The van der Waals surface area contributed by atoms with Gasteiger partial charge in [-0.05, 0) is 73.7 Å². The molecular formula is C24H33NO4S. The summed E-state index contributed by atoms with van der Waals surface area (Å²) in [6, 6.07) is 12.2. The highest BCUT2D eigenvalue weighted by atomic mass is 32.2. The van der Waals surface area contributed by atoms with Gasteiger partial charge in [0.2, 0.25) is 0 Å². The van der Waals surface area contributed by atoms with Gasteiger partial charge < -0.3 is 9.47 Å². The normalized spacial score (nSPS) is 12.4. The lowest BCUT2D eigenvalue weighted by Crippen LogP contribution is -2.14. The number of ether oxygens (including phenoxy) is 2. The average Bonchev–Trinajstić information content (AvgIpc) is 2.69. The maximum Gasteiger partial charge on any atom is 0.261 e. The van der Waals surface area contributed by atoms with Crippen molar-refractivity contribution in [3.63, 3.8) is 0 Å². The molecule has 0 fully saturated rings. The first-order valence-corrected chi connectivity index (χ1v) is 11.3. The summed E-state index contributed by atoms with van der Waals surface area (Å²) in [5.74, 6) is 1.62. The number of hydrogen-bond acceptors (Lipinski definition) is 4. The van der Waals surface area contributed by atoms with Gasteiger partial charge in [0.1, 0.15) is 12.4 Å². The van der Waals surface area contributed by atoms with Crippen LogP contribution in [0.4, 0.5) is 5.69 Å². The molecule has 30 heavy (non-hydrogen) atoms. The van der Waals surface area contributed by atoms with E-state index in [9.17, 15) is 8.42 Å². The Morgan fingerprint density at radius 1 is 1.13 bits per heavy atom. The van der Waals surface area contributed by atoms with E-state index < -0.39 is 10.0 Å². The molecule has 0 saturated heterocycles. The first kappa shape index (κ1) is 23.5. The van der Waals surface area contributed by atoms with E-state index in [1.165, 1.54) is 12.1 Å². The number of nitrogens with one attached hydrogen (secondary N) is 1. The molecule has 6 heteroatoms. The van der Waals surface area contributed by atoms with Gasteiger partial charge in [0, 0.05) is 7.00 Å². The van der Waals surface area contributed by atoms with Crippen molar-refractivity contribution >= 4 is 15.7 Å². The molecule has 0 heterocycles. The van der Waals surface area contributed by atoms with Crippen LogP contribution in [0.3, 0.4) is 0 Å². The molecule has 2 aromatic rings. The third kappa shape index (κ3) is 5.89. The Balaban J connectivity index is 0.00000480. The zero-order valence-corrected chi connectivity index (χ0v) is 19.4. The van der Waals surface area contributed by atoms with Crippen LogP contribution in [0.15, 0.2) is 70.8 Å². The Morgan fingerprint density at radius 2 is 1.77 bits per heavy atom. The van der Waals surface area contributed by atoms with E-state index in [0.29, 0.717) is 24.0 Å². The smallest absolute Gasteiger partial charge is 0.261 e. The lowest BCUT2D eigenvalue weighted by atomic mass is 10.0. The van der Waals surface area contributed by atoms with Gasteiger partial charge in [0.15, 0.2) is 0 Å². The number of anilines is 1. The van der Waals surface area contributed by atoms with Gasteiger partial charge in [0.25, 0.3) is 10.0 Å². The first-order chi connectivity index (χ1) is 14.0. The number of benzene rings is 2. The van der Waals surface area contributed by atoms with E-state index in [1.807, 2.05) is 39.0 Å². The van der Waals surface area contributed by atoms with Crippen molar-refractivity contribution in [3.05, 3.63) is 77.1 Å². The van der Waals surface area contributed by atoms with Gasteiger partial charge in [0.05, 0.1) is 23.5 Å². The van der Waals surface area contributed by atoms with Crippen LogP contribution in [0.5, 0.6) is 5.75 Å². The number of aryl methyl sites for hydroxylation is 1. The Morgan fingerprint density at radius 3 is 2.30 bits per heavy atom. The number of hydrogen-bond donors (Lipinski definition) is 1. The largest absolute Gasteiger partial charge is 0.501 e. The Bertz CT molecular complexity index is 1040. The van der Waals surface area contributed by atoms with Gasteiger partial charge >= 0.3 is 0 Å². The van der Waals surface area contributed by atoms with E-state index in [0.717, 1.165) is 28.0 Å². The fourth-order valence-corrected chi connectivity index (χ4v) is 3.95. The second-order valence-electron chi connectivity index (χ2n) is 7.61. The van der Waals surface area contributed by atoms with Crippen molar-refractivity contribution in [2.75, 3.05) is 18.4 Å². The molecule has 164 valence electrons. The van der Waals surface area contributed by atoms with Crippen molar-refractivity contribution in [2.24, 2.45) is 0 Å². The van der Waals surface area contributed by atoms with Crippen LogP contribution in [0.1, 0.15) is 46.2 Å². The van der Waals surface area contributed by atoms with Crippen LogP contribution in [0.2, 0.25) is 0 Å². The quantitative estimate of drug-likeness (QED) is 0.388. The van der Waals surface area contributed by atoms with Crippen LogP contribution in [-0.4, -0.2) is 22.1 Å². The van der Waals surface area contributed by atoms with Crippen molar-refractivity contribution in [2.45, 2.75) is 45.4 Å². The molecule has 0 spiro atoms. The summed E-state index contributed by atoms with van der Waals surface area (Å²) in [4.78, 5) is 0.174. The number of rotatable bonds is 9. The minimum absolute atomic E-state index is 0. The second-order valence-corrected chi connectivity index (χ2v) is 9.30. The van der Waals surface area contributed by atoms with E-state index in [4.69, 9.17) is 9.47 Å². The van der Waals surface area contributed by atoms with Crippen LogP contribution < -0.4 is 9.46 Å². The Labute approximate surface area is 182 Å². The molecule has 5 nitrogen and oxygen atoms in total. The highest BCUT2D eigenvalue weighted by Crippen LogP contribution is 2.26. The maximum atomic E-state index is 12.8. The van der Waals surface area contributed by atoms with Gasteiger partial charge in [-0.25, -0.2) is 8.42 Å². The molecule has 0 atom stereocenters. The predicted octanol–water partition coefficient (Wildman–Crippen LogP) is 6.04. The molecule has 0 unspecified atom stereocenters. The topological polar surface area (TPSA) is 64.6 Å². The van der Waals surface area contributed by atoms with Crippen LogP contribution in [0.25, 0.3) is 0 Å². The van der Waals surface area contributed by atoms with Crippen LogP contribution >= 0.6 is 0 Å². The highest BCUT2D eigenvalue weighted by molar-refractivity contribution is 7.92. The van der Waals surface area contributed by atoms with Gasteiger partial charge in [-0.1, -0.05) is 32.6 Å². The summed E-state index contributed by atoms with van der Waals surface area (Å²) in [6.45, 7) is 14.0. The van der Waals surface area contributed by atoms with Crippen LogP contribution in [0, 0.1) is 6.92 Å². The number of allylic oxidation sites excluding steroid dienone is 1. The minimum atomic E-state index is -3.71. The molecule has 1 N–H and O–H groups in total. The summed E-state index contributed by atoms with van der Waals surface area (Å²) in [6.07, 6.45) is 0. The van der Waals surface area contributed by atoms with Gasteiger partial charge in [-0.15, -0.1) is 0 Å². The van der Waals surface area contributed by atoms with Gasteiger partial charge in [-0.2, -0.15) is 0 Å². The van der Waals surface area contributed by atoms with E-state index in [2.05, 4.69) is 25.1 Å². The summed E-state index contributed by atoms with van der Waals surface area (Å²) in [7, 11) is -2.11. The Kier molecular flexibility index (Phi) is 7.73. The molecule has 2 aromatic carbocycles. The molecule has 0 aliphatic rings. The summed E-state index contributed by atoms with van der Waals surface area (Å²) in [5, 5.41) is 0. The predicted molar refractivity (Wildman–Crippen MR) is 125 cm³/mol. The monoisotopic (exact) mass is 431 g/mol. The molecular weight excluding hydrogens is 398 g/mol. The van der Waals surface area contributed by atoms with Crippen molar-refractivity contribution < 1.29 is 19.3 Å². The molecule has 0 saturated carbocycles.